The Balaban J connectivity index is 1.66. The summed E-state index contributed by atoms with van der Waals surface area (Å²) in [7, 11) is 0. The topological polar surface area (TPSA) is 195 Å². The highest BCUT2D eigenvalue weighted by molar-refractivity contribution is 5.94. The maximum atomic E-state index is 12.8. The van der Waals surface area contributed by atoms with Gasteiger partial charge in [0.25, 0.3) is 0 Å². The zero-order valence-electron chi connectivity index (χ0n) is 18.5. The van der Waals surface area contributed by atoms with E-state index in [0.717, 1.165) is 16.5 Å². The number of nitrogens with one attached hydrogen (secondary N) is 5. The number of nitrogens with two attached hydrogens (primary N) is 1. The second kappa shape index (κ2) is 11.1. The minimum Gasteiger partial charge on any atom is -0.480 e. The SMILES string of the molecule is CC(NC(=O)C(N)Cc1cnc[nH]1)C(=O)NC(Cc1c[nH]c2ccccc12)C(=O)NCC(=O)O. The van der Waals surface area contributed by atoms with Crippen LogP contribution in [0.2, 0.25) is 0 Å². The minimum absolute atomic E-state index is 0.112. The number of H-pyrrole nitrogens is 2. The highest BCUT2D eigenvalue weighted by Gasteiger charge is 2.27. The lowest BCUT2D eigenvalue weighted by Gasteiger charge is -2.22. The molecule has 12 nitrogen and oxygen atoms in total. The lowest BCUT2D eigenvalue weighted by atomic mass is 10.0. The molecule has 3 atom stereocenters. The average molecular weight is 470 g/mol. The Morgan fingerprint density at radius 2 is 1.82 bits per heavy atom. The monoisotopic (exact) mass is 469 g/mol. The molecular formula is C22H27N7O5. The summed E-state index contributed by atoms with van der Waals surface area (Å²) in [4.78, 5) is 58.5. The maximum Gasteiger partial charge on any atom is 0.322 e. The zero-order valence-corrected chi connectivity index (χ0v) is 18.5. The molecule has 0 aliphatic heterocycles. The molecule has 0 aliphatic carbocycles. The fourth-order valence-electron chi connectivity index (χ4n) is 3.42. The van der Waals surface area contributed by atoms with E-state index in [4.69, 9.17) is 10.8 Å². The molecular weight excluding hydrogens is 442 g/mol. The molecule has 0 radical (unpaired) electrons. The average Bonchev–Trinajstić information content (AvgIpc) is 3.46. The van der Waals surface area contributed by atoms with Gasteiger partial charge in [-0.3, -0.25) is 19.2 Å². The highest BCUT2D eigenvalue weighted by atomic mass is 16.4. The first kappa shape index (κ1) is 24.5. The Morgan fingerprint density at radius 1 is 1.06 bits per heavy atom. The van der Waals surface area contributed by atoms with E-state index in [2.05, 4.69) is 30.9 Å². The number of benzene rings is 1. The fraction of sp³-hybridized carbons (Fsp3) is 0.318. The number of carboxylic acid groups (broad SMARTS) is 1. The van der Waals surface area contributed by atoms with Crippen LogP contribution in [0.1, 0.15) is 18.2 Å². The number of rotatable bonds is 11. The van der Waals surface area contributed by atoms with Crippen LogP contribution in [-0.2, 0) is 32.0 Å². The number of amides is 3. The molecule has 12 heteroatoms. The normalized spacial score (nSPS) is 13.6. The van der Waals surface area contributed by atoms with Crippen molar-refractivity contribution in [3.05, 3.63) is 54.2 Å². The number of hydrogen-bond acceptors (Lipinski definition) is 6. The number of imidazole rings is 1. The standard InChI is InChI=1S/C22H27N7O5/c1-12(28-21(33)16(23)7-14-9-24-11-27-14)20(32)29-18(22(34)26-10-19(30)31)6-13-8-25-17-5-3-2-4-15(13)17/h2-5,8-9,11-12,16,18,25H,6-7,10,23H2,1H3,(H,24,27)(H,26,34)(H,28,33)(H,29,32)(H,30,31). The number of hydrogen-bond donors (Lipinski definition) is 7. The number of carbonyl (C=O) groups is 4. The summed E-state index contributed by atoms with van der Waals surface area (Å²) < 4.78 is 0. The van der Waals surface area contributed by atoms with Crippen molar-refractivity contribution >= 4 is 34.6 Å². The third kappa shape index (κ3) is 6.42. The Bertz CT molecular complexity index is 1160. The Kier molecular flexibility index (Phi) is 7.98. The fourth-order valence-corrected chi connectivity index (χ4v) is 3.42. The molecule has 0 saturated heterocycles. The van der Waals surface area contributed by atoms with Gasteiger partial charge in [-0.1, -0.05) is 18.2 Å². The van der Waals surface area contributed by atoms with Gasteiger partial charge < -0.3 is 36.8 Å². The van der Waals surface area contributed by atoms with Gasteiger partial charge in [0.15, 0.2) is 0 Å². The largest absolute Gasteiger partial charge is 0.480 e. The lowest BCUT2D eigenvalue weighted by Crippen LogP contribution is -2.55. The van der Waals surface area contributed by atoms with Crippen molar-refractivity contribution in [3.63, 3.8) is 0 Å². The first-order valence-corrected chi connectivity index (χ1v) is 10.6. The number of para-hydroxylation sites is 1. The highest BCUT2D eigenvalue weighted by Crippen LogP contribution is 2.19. The van der Waals surface area contributed by atoms with Crippen LogP contribution in [0.4, 0.5) is 0 Å². The molecule has 1 aromatic carbocycles. The molecule has 3 amide bonds. The molecule has 8 N–H and O–H groups in total. The van der Waals surface area contributed by atoms with Crippen molar-refractivity contribution in [1.82, 2.24) is 30.9 Å². The van der Waals surface area contributed by atoms with E-state index in [1.54, 1.807) is 12.4 Å². The molecule has 3 aromatic rings. The van der Waals surface area contributed by atoms with Gasteiger partial charge >= 0.3 is 5.97 Å². The van der Waals surface area contributed by atoms with Gasteiger partial charge in [-0.2, -0.15) is 0 Å². The van der Waals surface area contributed by atoms with Crippen LogP contribution in [0, 0.1) is 0 Å². The molecule has 180 valence electrons. The molecule has 0 spiro atoms. The van der Waals surface area contributed by atoms with Crippen molar-refractivity contribution in [3.8, 4) is 0 Å². The number of nitrogens with zero attached hydrogens (tertiary/aromatic N) is 1. The summed E-state index contributed by atoms with van der Waals surface area (Å²) in [6.45, 7) is 0.877. The first-order valence-electron chi connectivity index (χ1n) is 10.6. The number of aromatic nitrogens is 3. The van der Waals surface area contributed by atoms with E-state index in [9.17, 15) is 19.2 Å². The Hall–Kier alpha value is -4.19. The van der Waals surface area contributed by atoms with Crippen molar-refractivity contribution < 1.29 is 24.3 Å². The third-order valence-electron chi connectivity index (χ3n) is 5.23. The van der Waals surface area contributed by atoms with Gasteiger partial charge in [0.2, 0.25) is 17.7 Å². The number of carboxylic acids is 1. The van der Waals surface area contributed by atoms with Gasteiger partial charge in [0, 0.05) is 41.8 Å². The van der Waals surface area contributed by atoms with E-state index < -0.39 is 48.4 Å². The van der Waals surface area contributed by atoms with Crippen LogP contribution < -0.4 is 21.7 Å². The predicted molar refractivity (Wildman–Crippen MR) is 122 cm³/mol. The molecule has 0 fully saturated rings. The van der Waals surface area contributed by atoms with E-state index >= 15 is 0 Å². The molecule has 2 heterocycles. The van der Waals surface area contributed by atoms with Crippen LogP contribution in [0.15, 0.2) is 43.0 Å². The Morgan fingerprint density at radius 3 is 2.53 bits per heavy atom. The van der Waals surface area contributed by atoms with Crippen molar-refractivity contribution in [2.75, 3.05) is 6.54 Å². The second-order valence-corrected chi connectivity index (χ2v) is 7.85. The number of carbonyl (C=O) groups excluding carboxylic acids is 3. The molecule has 3 rings (SSSR count). The summed E-state index contributed by atoms with van der Waals surface area (Å²) >= 11 is 0. The summed E-state index contributed by atoms with van der Waals surface area (Å²) in [5.41, 5.74) is 8.21. The van der Waals surface area contributed by atoms with Gasteiger partial charge in [-0.25, -0.2) is 4.98 Å². The van der Waals surface area contributed by atoms with Crippen LogP contribution in [-0.4, -0.2) is 68.4 Å². The number of fused-ring (bicyclic) bond motifs is 1. The van der Waals surface area contributed by atoms with Gasteiger partial charge in [0.05, 0.1) is 12.4 Å². The molecule has 0 bridgehead atoms. The van der Waals surface area contributed by atoms with Crippen molar-refractivity contribution in [2.24, 2.45) is 5.73 Å². The van der Waals surface area contributed by atoms with Crippen LogP contribution in [0.25, 0.3) is 10.9 Å². The van der Waals surface area contributed by atoms with Crippen molar-refractivity contribution in [2.45, 2.75) is 37.9 Å². The first-order chi connectivity index (χ1) is 16.2. The minimum atomic E-state index is -1.21. The van der Waals surface area contributed by atoms with Crippen molar-refractivity contribution in [1.29, 1.82) is 0 Å². The van der Waals surface area contributed by atoms with E-state index in [-0.39, 0.29) is 12.8 Å². The number of aliphatic carboxylic acids is 1. The third-order valence-corrected chi connectivity index (χ3v) is 5.23. The summed E-state index contributed by atoms with van der Waals surface area (Å²) in [5, 5.41) is 17.2. The molecule has 2 aromatic heterocycles. The summed E-state index contributed by atoms with van der Waals surface area (Å²) in [5.74, 6) is -3.02. The van der Waals surface area contributed by atoms with Gasteiger partial charge in [-0.05, 0) is 18.6 Å². The van der Waals surface area contributed by atoms with Crippen LogP contribution in [0.5, 0.6) is 0 Å². The molecule has 34 heavy (non-hydrogen) atoms. The molecule has 0 aliphatic rings. The zero-order chi connectivity index (χ0) is 24.7. The quantitative estimate of drug-likeness (QED) is 0.191. The van der Waals surface area contributed by atoms with E-state index in [1.807, 2.05) is 24.3 Å². The molecule has 3 unspecified atom stereocenters. The lowest BCUT2D eigenvalue weighted by molar-refractivity contribution is -0.138. The predicted octanol–water partition coefficient (Wildman–Crippen LogP) is -0.806. The smallest absolute Gasteiger partial charge is 0.322 e. The Labute approximate surface area is 194 Å². The van der Waals surface area contributed by atoms with E-state index in [0.29, 0.717) is 5.69 Å². The summed E-state index contributed by atoms with van der Waals surface area (Å²) in [6, 6.07) is 4.50. The maximum absolute atomic E-state index is 12.8. The van der Waals surface area contributed by atoms with E-state index in [1.165, 1.54) is 13.3 Å². The van der Waals surface area contributed by atoms with Crippen LogP contribution in [0.3, 0.4) is 0 Å². The van der Waals surface area contributed by atoms with Gasteiger partial charge in [0.1, 0.15) is 18.6 Å². The van der Waals surface area contributed by atoms with Gasteiger partial charge in [-0.15, -0.1) is 0 Å². The second-order valence-electron chi connectivity index (χ2n) is 7.85. The van der Waals surface area contributed by atoms with Crippen LogP contribution >= 0.6 is 0 Å². The summed E-state index contributed by atoms with van der Waals surface area (Å²) in [6.07, 6.45) is 5.07. The number of aromatic amines is 2. The molecule has 0 saturated carbocycles.